The molecule has 0 aromatic heterocycles. The summed E-state index contributed by atoms with van der Waals surface area (Å²) in [5.41, 5.74) is -0.497. The summed E-state index contributed by atoms with van der Waals surface area (Å²) in [4.78, 5) is 50.3. The predicted octanol–water partition coefficient (Wildman–Crippen LogP) is 0.932. The minimum absolute atomic E-state index is 0.0203. The van der Waals surface area contributed by atoms with Gasteiger partial charge in [0, 0.05) is 12.5 Å². The smallest absolute Gasteiger partial charge is 0.341 e. The van der Waals surface area contributed by atoms with E-state index in [9.17, 15) is 19.2 Å². The van der Waals surface area contributed by atoms with Crippen LogP contribution in [0.1, 0.15) is 27.7 Å². The van der Waals surface area contributed by atoms with Crippen LogP contribution in [0.15, 0.2) is 35.5 Å². The Kier molecular flexibility index (Phi) is 5.69. The normalized spacial score (nSPS) is 42.3. The van der Waals surface area contributed by atoms with Crippen molar-refractivity contribution in [1.29, 1.82) is 0 Å². The molecule has 0 saturated carbocycles. The van der Waals surface area contributed by atoms with Crippen molar-refractivity contribution in [2.45, 2.75) is 69.9 Å². The van der Waals surface area contributed by atoms with Gasteiger partial charge in [-0.1, -0.05) is 6.58 Å². The number of rotatable bonds is 4. The zero-order valence-electron chi connectivity index (χ0n) is 19.0. The minimum atomic E-state index is -1.41. The number of ether oxygens (including phenoxy) is 6. The van der Waals surface area contributed by atoms with E-state index in [1.807, 2.05) is 0 Å². The van der Waals surface area contributed by atoms with Gasteiger partial charge in [-0.25, -0.2) is 14.4 Å². The van der Waals surface area contributed by atoms with Crippen molar-refractivity contribution in [2.75, 3.05) is 7.11 Å². The van der Waals surface area contributed by atoms with Gasteiger partial charge in [-0.15, -0.1) is 0 Å². The van der Waals surface area contributed by atoms with Crippen LogP contribution in [0.25, 0.3) is 0 Å². The molecule has 3 saturated heterocycles. The first-order valence-electron chi connectivity index (χ1n) is 10.6. The number of hydrogen-bond donors (Lipinski definition) is 0. The standard InChI is InChI=1S/C23H26O10/c1-9-7-14-16(10(2)20(25)31-14)19(32-22(27)23(5)11(3)33-23)18(29-12(4)24)13(21(26)28-6)8-15-17(9)30-15/h7-8,11,14-19H,2H2,1,3-6H3/b9-7+,13-8+/t11-,14+,15+,16-,17-,18?,19-,23+/m0/s1. The molecular formula is C23H26O10. The third kappa shape index (κ3) is 4.08. The van der Waals surface area contributed by atoms with Crippen LogP contribution in [-0.4, -0.2) is 73.2 Å². The van der Waals surface area contributed by atoms with E-state index in [2.05, 4.69) is 6.58 Å². The summed E-state index contributed by atoms with van der Waals surface area (Å²) < 4.78 is 32.8. The van der Waals surface area contributed by atoms with E-state index < -0.39 is 65.9 Å². The first-order valence-corrected chi connectivity index (χ1v) is 10.6. The quantitative estimate of drug-likeness (QED) is 0.195. The van der Waals surface area contributed by atoms with Crippen molar-refractivity contribution >= 4 is 23.9 Å². The molecule has 4 aliphatic rings. The number of fused-ring (bicyclic) bond motifs is 2. The van der Waals surface area contributed by atoms with E-state index in [0.29, 0.717) is 0 Å². The lowest BCUT2D eigenvalue weighted by Gasteiger charge is -2.33. The Bertz CT molecular complexity index is 993. The maximum absolute atomic E-state index is 13.0. The molecule has 0 spiro atoms. The highest BCUT2D eigenvalue weighted by atomic mass is 16.7. The molecule has 1 aliphatic carbocycles. The Morgan fingerprint density at radius 2 is 1.82 bits per heavy atom. The highest BCUT2D eigenvalue weighted by molar-refractivity contribution is 5.93. The van der Waals surface area contributed by atoms with E-state index in [0.717, 1.165) is 12.5 Å². The monoisotopic (exact) mass is 462 g/mol. The lowest BCUT2D eigenvalue weighted by atomic mass is 9.83. The fourth-order valence-electron chi connectivity index (χ4n) is 4.27. The summed E-state index contributed by atoms with van der Waals surface area (Å²) in [6, 6.07) is 0. The van der Waals surface area contributed by atoms with Crippen LogP contribution >= 0.6 is 0 Å². The Labute approximate surface area is 190 Å². The minimum Gasteiger partial charge on any atom is -0.466 e. The molecule has 3 aliphatic heterocycles. The van der Waals surface area contributed by atoms with E-state index in [-0.39, 0.29) is 17.3 Å². The summed E-state index contributed by atoms with van der Waals surface area (Å²) in [6.07, 6.45) is -1.67. The van der Waals surface area contributed by atoms with Crippen molar-refractivity contribution < 1.29 is 47.6 Å². The van der Waals surface area contributed by atoms with Gasteiger partial charge in [-0.05, 0) is 38.5 Å². The first kappa shape index (κ1) is 23.2. The second-order valence-corrected chi connectivity index (χ2v) is 8.73. The summed E-state index contributed by atoms with van der Waals surface area (Å²) in [7, 11) is 1.18. The molecule has 10 nitrogen and oxygen atoms in total. The molecule has 0 N–H and O–H groups in total. The van der Waals surface area contributed by atoms with Crippen molar-refractivity contribution in [1.82, 2.24) is 0 Å². The first-order chi connectivity index (χ1) is 15.5. The highest BCUT2D eigenvalue weighted by Crippen LogP contribution is 2.43. The summed E-state index contributed by atoms with van der Waals surface area (Å²) in [6.45, 7) is 10.0. The number of carbonyl (C=O) groups excluding carboxylic acids is 4. The van der Waals surface area contributed by atoms with Gasteiger partial charge in [-0.3, -0.25) is 4.79 Å². The fourth-order valence-corrected chi connectivity index (χ4v) is 4.27. The number of carbonyl (C=O) groups is 4. The summed E-state index contributed by atoms with van der Waals surface area (Å²) >= 11 is 0. The molecule has 1 unspecified atom stereocenters. The number of methoxy groups -OCH3 is 1. The van der Waals surface area contributed by atoms with Crippen LogP contribution in [0.4, 0.5) is 0 Å². The van der Waals surface area contributed by atoms with Crippen molar-refractivity contribution in [3.63, 3.8) is 0 Å². The Morgan fingerprint density at radius 1 is 1.15 bits per heavy atom. The molecule has 4 rings (SSSR count). The van der Waals surface area contributed by atoms with Crippen LogP contribution in [0.3, 0.4) is 0 Å². The summed E-state index contributed by atoms with van der Waals surface area (Å²) in [5.74, 6) is -3.89. The van der Waals surface area contributed by atoms with Gasteiger partial charge >= 0.3 is 23.9 Å². The van der Waals surface area contributed by atoms with Gasteiger partial charge in [0.1, 0.15) is 18.3 Å². The fraction of sp³-hybridized carbons (Fsp3) is 0.565. The molecular weight excluding hydrogens is 436 g/mol. The van der Waals surface area contributed by atoms with Gasteiger partial charge in [0.05, 0.1) is 24.7 Å². The lowest BCUT2D eigenvalue weighted by molar-refractivity contribution is -0.173. The Hall–Kier alpha value is -2.98. The second-order valence-electron chi connectivity index (χ2n) is 8.73. The number of epoxide rings is 2. The zero-order valence-corrected chi connectivity index (χ0v) is 19.0. The summed E-state index contributed by atoms with van der Waals surface area (Å²) in [5, 5.41) is 0. The van der Waals surface area contributed by atoms with Crippen LogP contribution < -0.4 is 0 Å². The predicted molar refractivity (Wildman–Crippen MR) is 109 cm³/mol. The lowest BCUT2D eigenvalue weighted by Crippen LogP contribution is -2.48. The molecule has 10 heteroatoms. The van der Waals surface area contributed by atoms with Gasteiger partial charge < -0.3 is 28.4 Å². The maximum atomic E-state index is 13.0. The largest absolute Gasteiger partial charge is 0.466 e. The molecule has 0 aromatic rings. The van der Waals surface area contributed by atoms with E-state index in [1.165, 1.54) is 13.2 Å². The van der Waals surface area contributed by atoms with Crippen molar-refractivity contribution in [3.05, 3.63) is 35.5 Å². The van der Waals surface area contributed by atoms with Gasteiger partial charge in [0.25, 0.3) is 0 Å². The van der Waals surface area contributed by atoms with Crippen LogP contribution in [-0.2, 0) is 47.6 Å². The Morgan fingerprint density at radius 3 is 2.39 bits per heavy atom. The van der Waals surface area contributed by atoms with Crippen LogP contribution in [0.5, 0.6) is 0 Å². The molecule has 3 heterocycles. The molecule has 0 bridgehead atoms. The topological polar surface area (TPSA) is 130 Å². The highest BCUT2D eigenvalue weighted by Gasteiger charge is 2.60. The maximum Gasteiger partial charge on any atom is 0.341 e. The van der Waals surface area contributed by atoms with Crippen molar-refractivity contribution in [2.24, 2.45) is 5.92 Å². The second kappa shape index (κ2) is 8.11. The molecule has 178 valence electrons. The average Bonchev–Trinajstić information content (AvgIpc) is 3.62. The van der Waals surface area contributed by atoms with Gasteiger partial charge in [-0.2, -0.15) is 0 Å². The molecule has 0 aromatic carbocycles. The molecule has 33 heavy (non-hydrogen) atoms. The van der Waals surface area contributed by atoms with Crippen molar-refractivity contribution in [3.8, 4) is 0 Å². The van der Waals surface area contributed by atoms with E-state index in [4.69, 9.17) is 28.4 Å². The van der Waals surface area contributed by atoms with Gasteiger partial charge in [0.2, 0.25) is 0 Å². The SMILES string of the molecule is C=C1C(=O)O[C@@H]2/C=C(\C)[C@@H]3O[C@@H]3/C=C(/C(=O)OC)C(OC(C)=O)[C@@H](OC(=O)[C@]3(C)O[C@H]3C)[C@@H]12. The number of esters is 4. The molecule has 0 amide bonds. The Balaban J connectivity index is 1.85. The molecule has 0 radical (unpaired) electrons. The number of hydrogen-bond acceptors (Lipinski definition) is 10. The van der Waals surface area contributed by atoms with E-state index in [1.54, 1.807) is 26.8 Å². The average molecular weight is 462 g/mol. The van der Waals surface area contributed by atoms with Gasteiger partial charge in [0.15, 0.2) is 17.8 Å². The van der Waals surface area contributed by atoms with E-state index >= 15 is 0 Å². The third-order valence-corrected chi connectivity index (χ3v) is 6.47. The molecule has 8 atom stereocenters. The third-order valence-electron chi connectivity index (χ3n) is 6.47. The van der Waals surface area contributed by atoms with Crippen LogP contribution in [0.2, 0.25) is 0 Å². The zero-order chi connectivity index (χ0) is 24.2. The van der Waals surface area contributed by atoms with Crippen LogP contribution in [0, 0.1) is 5.92 Å². The molecule has 3 fully saturated rings.